The molecule has 3 aromatic carbocycles. The monoisotopic (exact) mass is 440 g/mol. The molecular weight excluding hydrogens is 420 g/mol. The lowest BCUT2D eigenvalue weighted by molar-refractivity contribution is 0.0979. The average molecular weight is 441 g/mol. The molecule has 0 saturated carbocycles. The van der Waals surface area contributed by atoms with Gasteiger partial charge in [-0.2, -0.15) is 5.26 Å². The molecular formula is C27H21ClN2O2. The van der Waals surface area contributed by atoms with Gasteiger partial charge < -0.3 is 0 Å². The number of ketones is 1. The lowest BCUT2D eigenvalue weighted by Gasteiger charge is -2.19. The fraction of sp³-hybridized carbons (Fsp3) is 0.148. The fourth-order valence-corrected chi connectivity index (χ4v) is 4.13. The molecule has 0 saturated heterocycles. The molecule has 0 fully saturated rings. The van der Waals surface area contributed by atoms with Gasteiger partial charge in [-0.25, -0.2) is 0 Å². The second kappa shape index (κ2) is 9.21. The van der Waals surface area contributed by atoms with Gasteiger partial charge in [0.2, 0.25) is 0 Å². The summed E-state index contributed by atoms with van der Waals surface area (Å²) in [6, 6.07) is 24.5. The molecule has 0 aliphatic carbocycles. The zero-order chi connectivity index (χ0) is 22.7. The van der Waals surface area contributed by atoms with Crippen molar-refractivity contribution >= 4 is 28.2 Å². The summed E-state index contributed by atoms with van der Waals surface area (Å²) < 4.78 is 1.57. The third-order valence-electron chi connectivity index (χ3n) is 5.53. The van der Waals surface area contributed by atoms with Gasteiger partial charge in [0, 0.05) is 22.4 Å². The molecule has 32 heavy (non-hydrogen) atoms. The summed E-state index contributed by atoms with van der Waals surface area (Å²) in [5.74, 6) is -0.107. The maximum absolute atomic E-state index is 13.6. The first-order valence-electron chi connectivity index (χ1n) is 10.4. The van der Waals surface area contributed by atoms with Gasteiger partial charge in [-0.05, 0) is 40.3 Å². The summed E-state index contributed by atoms with van der Waals surface area (Å²) in [5.41, 5.74) is 3.53. The number of rotatable bonds is 6. The Morgan fingerprint density at radius 3 is 2.31 bits per heavy atom. The Morgan fingerprint density at radius 2 is 1.66 bits per heavy atom. The first-order valence-corrected chi connectivity index (χ1v) is 10.8. The molecule has 5 heteroatoms. The molecule has 4 rings (SSSR count). The van der Waals surface area contributed by atoms with Crippen LogP contribution in [0.3, 0.4) is 0 Å². The molecule has 0 aliphatic rings. The lowest BCUT2D eigenvalue weighted by atomic mass is 9.94. The first-order chi connectivity index (χ1) is 15.5. The number of carbonyl (C=O) groups is 1. The highest BCUT2D eigenvalue weighted by atomic mass is 35.5. The second-order valence-corrected chi connectivity index (χ2v) is 8.04. The number of benzene rings is 3. The maximum atomic E-state index is 13.6. The highest BCUT2D eigenvalue weighted by Gasteiger charge is 2.22. The van der Waals surface area contributed by atoms with E-state index in [2.05, 4.69) is 6.07 Å². The quantitative estimate of drug-likeness (QED) is 0.344. The van der Waals surface area contributed by atoms with E-state index in [4.69, 9.17) is 16.9 Å². The summed E-state index contributed by atoms with van der Waals surface area (Å²) in [6.07, 6.45) is 0.598. The molecule has 0 atom stereocenters. The molecule has 0 unspecified atom stereocenters. The topological polar surface area (TPSA) is 62.9 Å². The Bertz CT molecular complexity index is 1400. The number of hydrogen-bond acceptors (Lipinski definition) is 3. The number of Topliss-reactive ketones (excluding diaryl/α,β-unsaturated/α-hetero) is 1. The van der Waals surface area contributed by atoms with Crippen molar-refractivity contribution in [2.75, 3.05) is 0 Å². The van der Waals surface area contributed by atoms with E-state index in [1.807, 2.05) is 54.6 Å². The van der Waals surface area contributed by atoms with Gasteiger partial charge in [-0.3, -0.25) is 14.2 Å². The van der Waals surface area contributed by atoms with Crippen molar-refractivity contribution in [1.29, 1.82) is 5.26 Å². The molecule has 0 amide bonds. The summed E-state index contributed by atoms with van der Waals surface area (Å²) in [4.78, 5) is 26.8. The summed E-state index contributed by atoms with van der Waals surface area (Å²) in [7, 11) is 0. The van der Waals surface area contributed by atoms with Gasteiger partial charge >= 0.3 is 0 Å². The minimum Gasteiger partial charge on any atom is -0.300 e. The van der Waals surface area contributed by atoms with Crippen molar-refractivity contribution in [2.24, 2.45) is 0 Å². The smallest absolute Gasteiger partial charge is 0.259 e. The second-order valence-electron chi connectivity index (χ2n) is 7.60. The van der Waals surface area contributed by atoms with Crippen molar-refractivity contribution < 1.29 is 4.79 Å². The summed E-state index contributed by atoms with van der Waals surface area (Å²) >= 11 is 6.29. The Morgan fingerprint density at radius 1 is 0.969 bits per heavy atom. The molecule has 0 N–H and O–H groups in total. The van der Waals surface area contributed by atoms with E-state index in [1.54, 1.807) is 29.7 Å². The highest BCUT2D eigenvalue weighted by molar-refractivity contribution is 6.31. The first kappa shape index (κ1) is 21.5. The number of fused-ring (bicyclic) bond motifs is 1. The number of nitrogens with zero attached hydrogens (tertiary/aromatic N) is 2. The van der Waals surface area contributed by atoms with Gasteiger partial charge in [-0.15, -0.1) is 0 Å². The molecule has 4 aromatic rings. The van der Waals surface area contributed by atoms with E-state index >= 15 is 0 Å². The minimum atomic E-state index is -0.228. The van der Waals surface area contributed by atoms with Crippen LogP contribution in [0.5, 0.6) is 0 Å². The third-order valence-corrected chi connectivity index (χ3v) is 5.76. The van der Waals surface area contributed by atoms with Crippen molar-refractivity contribution in [2.45, 2.75) is 26.3 Å². The predicted octanol–water partition coefficient (Wildman–Crippen LogP) is 6.03. The van der Waals surface area contributed by atoms with Gasteiger partial charge in [-0.1, -0.05) is 73.1 Å². The number of pyridine rings is 1. The number of halogens is 1. The SMILES string of the molecule is CCC(=O)c1c(-c2ccccc2)c2cc(Cl)ccc2c(=O)n1Cc1ccc(CC#N)cc1. The molecule has 0 bridgehead atoms. The predicted molar refractivity (Wildman–Crippen MR) is 128 cm³/mol. The van der Waals surface area contributed by atoms with Gasteiger partial charge in [0.15, 0.2) is 5.78 Å². The van der Waals surface area contributed by atoms with Crippen LogP contribution in [0, 0.1) is 11.3 Å². The Kier molecular flexibility index (Phi) is 6.20. The molecule has 158 valence electrons. The van der Waals surface area contributed by atoms with Crippen molar-refractivity contribution in [3.05, 3.63) is 105 Å². The number of carbonyl (C=O) groups excluding carboxylic acids is 1. The Labute approximate surface area is 191 Å². The average Bonchev–Trinajstić information content (AvgIpc) is 2.82. The number of hydrogen-bond donors (Lipinski definition) is 0. The van der Waals surface area contributed by atoms with Crippen LogP contribution >= 0.6 is 11.6 Å². The van der Waals surface area contributed by atoms with Gasteiger partial charge in [0.25, 0.3) is 5.56 Å². The van der Waals surface area contributed by atoms with E-state index in [0.29, 0.717) is 27.9 Å². The Balaban J connectivity index is 2.03. The maximum Gasteiger partial charge on any atom is 0.259 e. The van der Waals surface area contributed by atoms with Gasteiger partial charge in [0.1, 0.15) is 0 Å². The molecule has 1 aromatic heterocycles. The van der Waals surface area contributed by atoms with Crippen LogP contribution in [0.15, 0.2) is 77.6 Å². The van der Waals surface area contributed by atoms with E-state index in [0.717, 1.165) is 22.3 Å². The molecule has 0 radical (unpaired) electrons. The van der Waals surface area contributed by atoms with E-state index in [-0.39, 0.29) is 24.3 Å². The summed E-state index contributed by atoms with van der Waals surface area (Å²) in [5, 5.41) is 10.6. The molecule has 0 aliphatic heterocycles. The van der Waals surface area contributed by atoms with Crippen molar-refractivity contribution in [1.82, 2.24) is 4.57 Å². The normalized spacial score (nSPS) is 10.8. The van der Waals surface area contributed by atoms with E-state index < -0.39 is 0 Å². The van der Waals surface area contributed by atoms with Crippen LogP contribution in [-0.2, 0) is 13.0 Å². The summed E-state index contributed by atoms with van der Waals surface area (Å²) in [6.45, 7) is 2.05. The minimum absolute atomic E-state index is 0.107. The van der Waals surface area contributed by atoms with Crippen LogP contribution in [0.2, 0.25) is 5.02 Å². The third kappa shape index (κ3) is 4.08. The van der Waals surface area contributed by atoms with Crippen LogP contribution < -0.4 is 5.56 Å². The highest BCUT2D eigenvalue weighted by Crippen LogP contribution is 2.33. The molecule has 4 nitrogen and oxygen atoms in total. The van der Waals surface area contributed by atoms with E-state index in [9.17, 15) is 9.59 Å². The Hall–Kier alpha value is -3.68. The lowest BCUT2D eigenvalue weighted by Crippen LogP contribution is -2.28. The van der Waals surface area contributed by atoms with Crippen molar-refractivity contribution in [3.63, 3.8) is 0 Å². The van der Waals surface area contributed by atoms with E-state index in [1.165, 1.54) is 0 Å². The van der Waals surface area contributed by atoms with Crippen LogP contribution in [-0.4, -0.2) is 10.4 Å². The van der Waals surface area contributed by atoms with Crippen LogP contribution in [0.25, 0.3) is 21.9 Å². The fourth-order valence-electron chi connectivity index (χ4n) is 3.96. The molecule has 0 spiro atoms. The zero-order valence-corrected chi connectivity index (χ0v) is 18.4. The number of aromatic nitrogens is 1. The largest absolute Gasteiger partial charge is 0.300 e. The van der Waals surface area contributed by atoms with Crippen molar-refractivity contribution in [3.8, 4) is 17.2 Å². The standard InChI is InChI=1S/C27H21ClN2O2/c1-2-24(31)26-25(20-6-4-3-5-7-20)23-16-21(28)12-13-22(23)27(32)30(26)17-19-10-8-18(9-11-19)14-15-29/h3-13,16H,2,14,17H2,1H3. The van der Waals surface area contributed by atoms with Crippen LogP contribution in [0.4, 0.5) is 0 Å². The van der Waals surface area contributed by atoms with Gasteiger partial charge in [0.05, 0.1) is 24.7 Å². The number of nitriles is 1. The van der Waals surface area contributed by atoms with Crippen LogP contribution in [0.1, 0.15) is 35.0 Å². The zero-order valence-electron chi connectivity index (χ0n) is 17.6. The molecule has 1 heterocycles.